The van der Waals surface area contributed by atoms with Crippen molar-refractivity contribution in [1.82, 2.24) is 9.13 Å². The van der Waals surface area contributed by atoms with Crippen molar-refractivity contribution >= 4 is 154 Å². The summed E-state index contributed by atoms with van der Waals surface area (Å²) < 4.78 is 18.5. The van der Waals surface area contributed by atoms with E-state index in [4.69, 9.17) is 8.83 Å². The highest BCUT2D eigenvalue weighted by molar-refractivity contribution is 6.23. The molecule has 18 rings (SSSR count). The highest BCUT2D eigenvalue weighted by Crippen LogP contribution is 2.46. The maximum absolute atomic E-state index is 6.86. The lowest BCUT2D eigenvalue weighted by Gasteiger charge is -2.25. The molecule has 0 spiro atoms. The Bertz CT molecular complexity index is 5330. The Balaban J connectivity index is 0.712. The van der Waals surface area contributed by atoms with Gasteiger partial charge >= 0.3 is 0 Å². The highest BCUT2D eigenvalue weighted by Gasteiger charge is 2.22. The van der Waals surface area contributed by atoms with Crippen molar-refractivity contribution in [3.05, 3.63) is 291 Å². The van der Waals surface area contributed by atoms with Crippen LogP contribution in [0.25, 0.3) is 131 Å². The summed E-state index contributed by atoms with van der Waals surface area (Å²) in [6.45, 7) is 0. The van der Waals surface area contributed by atoms with Crippen LogP contribution in [0.5, 0.6) is 0 Å². The van der Waals surface area contributed by atoms with Gasteiger partial charge < -0.3 is 27.8 Å². The normalized spacial score (nSPS) is 12.0. The number of anilines is 6. The fourth-order valence-corrected chi connectivity index (χ4v) is 13.7. The van der Waals surface area contributed by atoms with Crippen molar-refractivity contribution < 1.29 is 8.83 Å². The van der Waals surface area contributed by atoms with Gasteiger partial charge in [-0.2, -0.15) is 0 Å². The van der Waals surface area contributed by atoms with Gasteiger partial charge in [0.25, 0.3) is 0 Å². The van der Waals surface area contributed by atoms with Crippen molar-refractivity contribution in [3.63, 3.8) is 0 Å². The van der Waals surface area contributed by atoms with Gasteiger partial charge in [0.15, 0.2) is 0 Å². The molecule has 0 unspecified atom stereocenters. The molecule has 0 bridgehead atoms. The molecule has 4 heterocycles. The van der Waals surface area contributed by atoms with E-state index in [9.17, 15) is 0 Å². The van der Waals surface area contributed by atoms with Crippen LogP contribution in [0.2, 0.25) is 0 Å². The van der Waals surface area contributed by atoms with E-state index >= 15 is 0 Å². The van der Waals surface area contributed by atoms with Gasteiger partial charge in [-0.25, -0.2) is 0 Å². The maximum Gasteiger partial charge on any atom is 0.137 e. The number of hydrogen-bond acceptors (Lipinski definition) is 4. The average molecular weight is 1070 g/mol. The fourth-order valence-electron chi connectivity index (χ4n) is 13.7. The summed E-state index contributed by atoms with van der Waals surface area (Å²) in [7, 11) is 0. The lowest BCUT2D eigenvalue weighted by Crippen LogP contribution is -2.09. The standard InChI is InChI=1S/C78H48N4O2/c1-5-17-53(18-6-1)79(57-31-35-61-49(41-57)29-39-71-77(61)65-25-13-15-27-69(65)81(71)55-21-9-3-10-22-55)59-33-37-63-67-43-51-46-74-68(44-52(51)45-73(67)83-75(63)47-59)64-38-34-60(48-76(64)84-74)80(54-19-7-2-8-20-54)58-32-36-62-50(42-58)30-40-72-78(62)66-26-14-16-28-70(66)82(72)56-23-11-4-12-24-56/h1-48H. The third-order valence-corrected chi connectivity index (χ3v) is 17.4. The van der Waals surface area contributed by atoms with Crippen molar-refractivity contribution in [2.45, 2.75) is 0 Å². The Labute approximate surface area is 481 Å². The summed E-state index contributed by atoms with van der Waals surface area (Å²) in [5.74, 6) is 0. The Kier molecular flexibility index (Phi) is 9.99. The minimum atomic E-state index is 0.829. The number of aromatic nitrogens is 2. The molecule has 4 aromatic heterocycles. The van der Waals surface area contributed by atoms with Gasteiger partial charge in [-0.1, -0.05) is 133 Å². The highest BCUT2D eigenvalue weighted by atomic mass is 16.3. The van der Waals surface area contributed by atoms with Gasteiger partial charge in [-0.15, -0.1) is 0 Å². The number of nitrogens with zero attached hydrogens (tertiary/aromatic N) is 4. The molecule has 84 heavy (non-hydrogen) atoms. The molecule has 0 fully saturated rings. The lowest BCUT2D eigenvalue weighted by atomic mass is 10.0. The molecule has 0 saturated heterocycles. The SMILES string of the molecule is c1ccc(N(c2ccc3c(ccc4c3c3ccccc3n4-c3ccccc3)c2)c2ccc3c(c2)oc2cc4cc5c(cc4cc23)oc2cc(N(c3ccccc3)c3ccc4c(ccc6c4c4ccccc4n6-c4ccccc4)c3)ccc25)cc1. The van der Waals surface area contributed by atoms with E-state index in [0.29, 0.717) is 0 Å². The second-order valence-corrected chi connectivity index (χ2v) is 22.1. The molecule has 6 nitrogen and oxygen atoms in total. The molecule has 18 aromatic rings. The zero-order valence-corrected chi connectivity index (χ0v) is 45.3. The van der Waals surface area contributed by atoms with Crippen LogP contribution < -0.4 is 9.80 Å². The third-order valence-electron chi connectivity index (χ3n) is 17.4. The van der Waals surface area contributed by atoms with E-state index in [0.717, 1.165) is 100 Å². The molecule has 6 heteroatoms. The summed E-state index contributed by atoms with van der Waals surface area (Å²) in [5.41, 5.74) is 16.7. The van der Waals surface area contributed by atoms with Crippen LogP contribution in [0.1, 0.15) is 0 Å². The monoisotopic (exact) mass is 1070 g/mol. The first kappa shape index (κ1) is 46.4. The zero-order chi connectivity index (χ0) is 55.0. The summed E-state index contributed by atoms with van der Waals surface area (Å²) in [6, 6.07) is 105. The number of rotatable bonds is 8. The summed E-state index contributed by atoms with van der Waals surface area (Å²) in [5, 5.41) is 16.2. The van der Waals surface area contributed by atoms with E-state index in [1.54, 1.807) is 0 Å². The Morgan fingerprint density at radius 3 is 1.00 bits per heavy atom. The predicted molar refractivity (Wildman–Crippen MR) is 352 cm³/mol. The summed E-state index contributed by atoms with van der Waals surface area (Å²) in [4.78, 5) is 4.66. The van der Waals surface area contributed by atoms with E-state index in [2.05, 4.69) is 310 Å². The van der Waals surface area contributed by atoms with E-state index in [1.807, 2.05) is 0 Å². The molecule has 0 aliphatic carbocycles. The second-order valence-electron chi connectivity index (χ2n) is 22.1. The van der Waals surface area contributed by atoms with Crippen molar-refractivity contribution in [2.24, 2.45) is 0 Å². The van der Waals surface area contributed by atoms with Crippen molar-refractivity contribution in [1.29, 1.82) is 0 Å². The van der Waals surface area contributed by atoms with Gasteiger partial charge in [-0.05, 0) is 178 Å². The number of furan rings is 2. The Morgan fingerprint density at radius 1 is 0.214 bits per heavy atom. The van der Waals surface area contributed by atoms with E-state index in [-0.39, 0.29) is 0 Å². The predicted octanol–water partition coefficient (Wildman–Crippen LogP) is 22.1. The van der Waals surface area contributed by atoms with Gasteiger partial charge in [0, 0.05) is 101 Å². The molecule has 392 valence electrons. The molecule has 0 radical (unpaired) electrons. The van der Waals surface area contributed by atoms with Crippen LogP contribution in [-0.4, -0.2) is 9.13 Å². The quantitative estimate of drug-likeness (QED) is 0.152. The van der Waals surface area contributed by atoms with Gasteiger partial charge in [-0.3, -0.25) is 0 Å². The van der Waals surface area contributed by atoms with Gasteiger partial charge in [0.05, 0.1) is 22.1 Å². The molecular formula is C78H48N4O2. The smallest absolute Gasteiger partial charge is 0.137 e. The van der Waals surface area contributed by atoms with Crippen molar-refractivity contribution in [2.75, 3.05) is 9.80 Å². The molecule has 0 atom stereocenters. The van der Waals surface area contributed by atoms with Crippen LogP contribution in [0.4, 0.5) is 34.1 Å². The Morgan fingerprint density at radius 2 is 0.571 bits per heavy atom. The zero-order valence-electron chi connectivity index (χ0n) is 45.3. The molecular weight excluding hydrogens is 1020 g/mol. The van der Waals surface area contributed by atoms with E-state index in [1.165, 1.54) is 65.2 Å². The largest absolute Gasteiger partial charge is 0.456 e. The van der Waals surface area contributed by atoms with Gasteiger partial charge in [0.2, 0.25) is 0 Å². The molecule has 0 aliphatic heterocycles. The minimum Gasteiger partial charge on any atom is -0.456 e. The summed E-state index contributed by atoms with van der Waals surface area (Å²) in [6.07, 6.45) is 0. The number of fused-ring (bicyclic) bond motifs is 17. The van der Waals surface area contributed by atoms with Crippen LogP contribution in [-0.2, 0) is 0 Å². The topological polar surface area (TPSA) is 42.6 Å². The number of para-hydroxylation sites is 6. The molecule has 0 amide bonds. The van der Waals surface area contributed by atoms with Crippen LogP contribution in [0, 0.1) is 0 Å². The van der Waals surface area contributed by atoms with E-state index < -0.39 is 0 Å². The lowest BCUT2D eigenvalue weighted by molar-refractivity contribution is 0.668. The van der Waals surface area contributed by atoms with Crippen LogP contribution >= 0.6 is 0 Å². The molecule has 14 aromatic carbocycles. The van der Waals surface area contributed by atoms with Crippen LogP contribution in [0.15, 0.2) is 300 Å². The first-order valence-electron chi connectivity index (χ1n) is 28.6. The number of hydrogen-bond donors (Lipinski definition) is 0. The van der Waals surface area contributed by atoms with Crippen molar-refractivity contribution in [3.8, 4) is 11.4 Å². The number of benzene rings is 14. The first-order chi connectivity index (χ1) is 41.6. The minimum absolute atomic E-state index is 0.829. The maximum atomic E-state index is 6.86. The molecule has 0 N–H and O–H groups in total. The van der Waals surface area contributed by atoms with Crippen LogP contribution in [0.3, 0.4) is 0 Å². The second kappa shape index (κ2) is 18.1. The van der Waals surface area contributed by atoms with Gasteiger partial charge in [0.1, 0.15) is 22.3 Å². The fraction of sp³-hybridized carbons (Fsp3) is 0. The average Bonchev–Trinajstić information content (AvgIpc) is 3.51. The third kappa shape index (κ3) is 7.04. The Hall–Kier alpha value is -11.3. The first-order valence-corrected chi connectivity index (χ1v) is 28.6. The molecule has 0 saturated carbocycles. The summed E-state index contributed by atoms with van der Waals surface area (Å²) >= 11 is 0. The molecule has 0 aliphatic rings.